The van der Waals surface area contributed by atoms with E-state index < -0.39 is 17.4 Å². The number of aliphatic carboxylic acids is 1. The molecule has 1 fully saturated rings. The Bertz CT molecular complexity index is 499. The molecule has 1 aromatic heterocycles. The van der Waals surface area contributed by atoms with Gasteiger partial charge in [0.25, 0.3) is 5.56 Å². The van der Waals surface area contributed by atoms with E-state index in [1.165, 1.54) is 6.33 Å². The summed E-state index contributed by atoms with van der Waals surface area (Å²) in [6.07, 6.45) is 1.27. The first kappa shape index (κ1) is 11.4. The van der Waals surface area contributed by atoms with E-state index in [4.69, 9.17) is 10.8 Å². The van der Waals surface area contributed by atoms with Gasteiger partial charge in [-0.15, -0.1) is 0 Å². The van der Waals surface area contributed by atoms with Gasteiger partial charge in [0.2, 0.25) is 0 Å². The van der Waals surface area contributed by atoms with Gasteiger partial charge in [-0.1, -0.05) is 6.92 Å². The van der Waals surface area contributed by atoms with Gasteiger partial charge in [0.1, 0.15) is 5.69 Å². The largest absolute Gasteiger partial charge is 0.481 e. The van der Waals surface area contributed by atoms with Crippen molar-refractivity contribution in [3.63, 3.8) is 0 Å². The fraction of sp³-hybridized carbons (Fsp3) is 0.500. The number of rotatable bonds is 2. The van der Waals surface area contributed by atoms with E-state index in [9.17, 15) is 9.59 Å². The summed E-state index contributed by atoms with van der Waals surface area (Å²) < 4.78 is 0. The summed E-state index contributed by atoms with van der Waals surface area (Å²) in [4.78, 5) is 30.4. The fourth-order valence-corrected chi connectivity index (χ4v) is 2.11. The van der Waals surface area contributed by atoms with Gasteiger partial charge >= 0.3 is 5.97 Å². The third kappa shape index (κ3) is 1.95. The second kappa shape index (κ2) is 4.08. The average Bonchev–Trinajstić information content (AvgIpc) is 2.64. The number of aromatic nitrogens is 2. The van der Waals surface area contributed by atoms with E-state index in [2.05, 4.69) is 9.97 Å². The molecule has 1 aliphatic rings. The monoisotopic (exact) mass is 238 g/mol. The molecule has 0 radical (unpaired) electrons. The number of nitrogens with two attached hydrogens (primary N) is 1. The van der Waals surface area contributed by atoms with Crippen LogP contribution in [-0.4, -0.2) is 34.1 Å². The van der Waals surface area contributed by atoms with Crippen molar-refractivity contribution in [3.05, 3.63) is 16.7 Å². The maximum absolute atomic E-state index is 11.3. The Morgan fingerprint density at radius 3 is 2.94 bits per heavy atom. The smallest absolute Gasteiger partial charge is 0.308 e. The van der Waals surface area contributed by atoms with Crippen molar-refractivity contribution in [2.75, 3.05) is 23.7 Å². The van der Waals surface area contributed by atoms with Crippen LogP contribution < -0.4 is 16.2 Å². The van der Waals surface area contributed by atoms with Gasteiger partial charge in [0.15, 0.2) is 5.82 Å². The lowest BCUT2D eigenvalue weighted by Crippen LogP contribution is -2.27. The SMILES string of the molecule is C[C@@H]1CN(c2nc[nH]c(=O)c2N)C[C@H]1C(=O)O. The Morgan fingerprint density at radius 2 is 2.35 bits per heavy atom. The van der Waals surface area contributed by atoms with Crippen molar-refractivity contribution in [2.24, 2.45) is 11.8 Å². The maximum Gasteiger partial charge on any atom is 0.308 e. The van der Waals surface area contributed by atoms with Gasteiger partial charge in [0, 0.05) is 13.1 Å². The van der Waals surface area contributed by atoms with Crippen LogP contribution in [-0.2, 0) is 4.79 Å². The van der Waals surface area contributed by atoms with Crippen LogP contribution in [0.25, 0.3) is 0 Å². The molecule has 1 saturated heterocycles. The highest BCUT2D eigenvalue weighted by molar-refractivity contribution is 5.73. The molecule has 0 bridgehead atoms. The molecule has 2 atom stereocenters. The van der Waals surface area contributed by atoms with Gasteiger partial charge < -0.3 is 20.7 Å². The Balaban J connectivity index is 2.29. The van der Waals surface area contributed by atoms with Gasteiger partial charge in [-0.25, -0.2) is 4.98 Å². The maximum atomic E-state index is 11.3. The van der Waals surface area contributed by atoms with Crippen molar-refractivity contribution in [1.82, 2.24) is 9.97 Å². The highest BCUT2D eigenvalue weighted by Crippen LogP contribution is 2.28. The number of carbonyl (C=O) groups is 1. The van der Waals surface area contributed by atoms with Gasteiger partial charge in [-0.05, 0) is 5.92 Å². The lowest BCUT2D eigenvalue weighted by molar-refractivity contribution is -0.142. The van der Waals surface area contributed by atoms with Crippen LogP contribution in [0.3, 0.4) is 0 Å². The number of nitrogens with zero attached hydrogens (tertiary/aromatic N) is 2. The predicted molar refractivity (Wildman–Crippen MR) is 61.8 cm³/mol. The van der Waals surface area contributed by atoms with Crippen molar-refractivity contribution >= 4 is 17.5 Å². The summed E-state index contributed by atoms with van der Waals surface area (Å²) in [6, 6.07) is 0. The molecule has 2 rings (SSSR count). The predicted octanol–water partition coefficient (Wildman–Crippen LogP) is -0.491. The summed E-state index contributed by atoms with van der Waals surface area (Å²) in [5, 5.41) is 9.03. The Hall–Kier alpha value is -2.05. The van der Waals surface area contributed by atoms with Crippen LogP contribution in [0.2, 0.25) is 0 Å². The number of hydrogen-bond donors (Lipinski definition) is 3. The second-order valence-corrected chi connectivity index (χ2v) is 4.30. The fourth-order valence-electron chi connectivity index (χ4n) is 2.11. The molecule has 7 heteroatoms. The molecule has 0 aromatic carbocycles. The zero-order valence-electron chi connectivity index (χ0n) is 9.38. The lowest BCUT2D eigenvalue weighted by Gasteiger charge is -2.17. The van der Waals surface area contributed by atoms with Crippen molar-refractivity contribution in [3.8, 4) is 0 Å². The van der Waals surface area contributed by atoms with Crippen molar-refractivity contribution in [2.45, 2.75) is 6.92 Å². The van der Waals surface area contributed by atoms with Crippen molar-refractivity contribution in [1.29, 1.82) is 0 Å². The summed E-state index contributed by atoms with van der Waals surface area (Å²) in [5.74, 6) is -0.906. The summed E-state index contributed by atoms with van der Waals surface area (Å²) in [5.41, 5.74) is 5.27. The van der Waals surface area contributed by atoms with Crippen LogP contribution in [0, 0.1) is 11.8 Å². The van der Waals surface area contributed by atoms with Gasteiger partial charge in [0.05, 0.1) is 12.2 Å². The minimum absolute atomic E-state index is 0.00740. The third-order valence-corrected chi connectivity index (χ3v) is 3.10. The normalized spacial score (nSPS) is 23.9. The van der Waals surface area contributed by atoms with Gasteiger partial charge in [-0.2, -0.15) is 0 Å². The molecule has 0 aliphatic carbocycles. The lowest BCUT2D eigenvalue weighted by atomic mass is 9.99. The molecule has 0 spiro atoms. The molecule has 1 aromatic rings. The molecule has 7 nitrogen and oxygen atoms in total. The molecular weight excluding hydrogens is 224 g/mol. The first-order valence-corrected chi connectivity index (χ1v) is 5.31. The quantitative estimate of drug-likeness (QED) is 0.640. The van der Waals surface area contributed by atoms with E-state index >= 15 is 0 Å². The van der Waals surface area contributed by atoms with Crippen LogP contribution in [0.1, 0.15) is 6.92 Å². The number of anilines is 2. The minimum atomic E-state index is -0.830. The molecular formula is C10H14N4O3. The average molecular weight is 238 g/mol. The molecule has 0 saturated carbocycles. The first-order chi connectivity index (χ1) is 8.00. The number of nitrogens with one attached hydrogen (secondary N) is 1. The number of H-pyrrole nitrogens is 1. The number of carboxylic acid groups (broad SMARTS) is 1. The highest BCUT2D eigenvalue weighted by atomic mass is 16.4. The standard InChI is InChI=1S/C10H14N4O3/c1-5-2-14(3-6(5)10(16)17)8-7(11)9(15)13-4-12-8/h4-6H,2-3,11H2,1H3,(H,16,17)(H,12,13,15)/t5-,6-/m1/s1. The van der Waals surface area contributed by atoms with E-state index in [1.807, 2.05) is 6.92 Å². The Kier molecular flexibility index (Phi) is 2.74. The topological polar surface area (TPSA) is 112 Å². The van der Waals surface area contributed by atoms with E-state index in [-0.39, 0.29) is 11.6 Å². The molecule has 4 N–H and O–H groups in total. The molecule has 17 heavy (non-hydrogen) atoms. The van der Waals surface area contributed by atoms with Crippen LogP contribution in [0.5, 0.6) is 0 Å². The summed E-state index contributed by atoms with van der Waals surface area (Å²) in [7, 11) is 0. The van der Waals surface area contributed by atoms with Crippen LogP contribution in [0.15, 0.2) is 11.1 Å². The van der Waals surface area contributed by atoms with E-state index in [0.29, 0.717) is 18.9 Å². The number of nitrogen functional groups attached to an aromatic ring is 1. The Labute approximate surface area is 97.3 Å². The molecule has 0 amide bonds. The van der Waals surface area contributed by atoms with Crippen molar-refractivity contribution < 1.29 is 9.90 Å². The molecule has 0 unspecified atom stereocenters. The minimum Gasteiger partial charge on any atom is -0.481 e. The zero-order chi connectivity index (χ0) is 12.6. The number of carboxylic acids is 1. The first-order valence-electron chi connectivity index (χ1n) is 5.31. The van der Waals surface area contributed by atoms with Gasteiger partial charge in [-0.3, -0.25) is 9.59 Å². The Morgan fingerprint density at radius 1 is 1.65 bits per heavy atom. The highest BCUT2D eigenvalue weighted by Gasteiger charge is 2.36. The summed E-state index contributed by atoms with van der Waals surface area (Å²) >= 11 is 0. The molecule has 2 heterocycles. The third-order valence-electron chi connectivity index (χ3n) is 3.10. The van der Waals surface area contributed by atoms with Crippen LogP contribution >= 0.6 is 0 Å². The zero-order valence-corrected chi connectivity index (χ0v) is 9.38. The van der Waals surface area contributed by atoms with Crippen LogP contribution in [0.4, 0.5) is 11.5 Å². The van der Waals surface area contributed by atoms with E-state index in [1.54, 1.807) is 4.90 Å². The number of hydrogen-bond acceptors (Lipinski definition) is 5. The molecule has 92 valence electrons. The molecule has 1 aliphatic heterocycles. The van der Waals surface area contributed by atoms with E-state index in [0.717, 1.165) is 0 Å². The second-order valence-electron chi connectivity index (χ2n) is 4.30. The summed E-state index contributed by atoms with van der Waals surface area (Å²) in [6.45, 7) is 2.73. The number of aromatic amines is 1.